The first kappa shape index (κ1) is 66.0. The van der Waals surface area contributed by atoms with Crippen LogP contribution >= 0.6 is 0 Å². The Morgan fingerprint density at radius 3 is 1.02 bits per heavy atom. The maximum Gasteiger partial charge on any atom is 0.318 e. The molecule has 0 aliphatic heterocycles. The van der Waals surface area contributed by atoms with Gasteiger partial charge in [-0.15, -0.1) is 0 Å². The van der Waals surface area contributed by atoms with Crippen LogP contribution in [-0.2, 0) is 63.6 Å². The van der Waals surface area contributed by atoms with E-state index in [4.69, 9.17) is 24.4 Å². The highest BCUT2D eigenvalue weighted by molar-refractivity contribution is 7.93. The van der Waals surface area contributed by atoms with Gasteiger partial charge in [-0.3, -0.25) is 42.7 Å². The molecule has 0 bridgehead atoms. The Labute approximate surface area is 358 Å². The minimum absolute atomic E-state index is 0.0000926. The SMILES string of the molecule is CC(C)(C)C(=O)CCC(=O)CCCS(=O)(=O)O.CC(C)(C)C(=O)CCC(=O)O.CC(C)(C)C(=O)CS(=O)(=O)O.CC(C)(C)CCCC(=O)O.CC(C)(C)S(=O)(=O)CC(=O)O. The number of aliphatic carboxylic acids is 3. The van der Waals surface area contributed by atoms with Gasteiger partial charge in [0.15, 0.2) is 15.6 Å². The van der Waals surface area contributed by atoms with Gasteiger partial charge in [-0.05, 0) is 45.4 Å². The van der Waals surface area contributed by atoms with Crippen LogP contribution in [0.1, 0.15) is 162 Å². The van der Waals surface area contributed by atoms with E-state index in [0.29, 0.717) is 6.42 Å². The van der Waals surface area contributed by atoms with Crippen molar-refractivity contribution in [2.24, 2.45) is 21.7 Å². The van der Waals surface area contributed by atoms with Gasteiger partial charge in [0.1, 0.15) is 28.9 Å². The molecule has 60 heavy (non-hydrogen) atoms. The lowest BCUT2D eigenvalue weighted by Gasteiger charge is -2.16. The van der Waals surface area contributed by atoms with Gasteiger partial charge in [-0.2, -0.15) is 16.8 Å². The molecule has 0 unspecified atom stereocenters. The molecular formula is C39H74O18S3. The second-order valence-corrected chi connectivity index (χ2v) is 24.9. The average Bonchev–Trinajstić information content (AvgIpc) is 2.95. The Kier molecular flexibility index (Phi) is 30.5. The molecule has 0 saturated heterocycles. The summed E-state index contributed by atoms with van der Waals surface area (Å²) in [6.07, 6.45) is 2.67. The molecule has 0 amide bonds. The number of Topliss-reactive ketones (excluding diaryl/α,β-unsaturated/α-hetero) is 4. The van der Waals surface area contributed by atoms with E-state index in [2.05, 4.69) is 20.8 Å². The summed E-state index contributed by atoms with van der Waals surface area (Å²) in [5.41, 5.74) is -1.30. The Morgan fingerprint density at radius 2 is 0.783 bits per heavy atom. The number of carbonyl (C=O) groups excluding carboxylic acids is 4. The van der Waals surface area contributed by atoms with Crippen molar-refractivity contribution < 1.29 is 83.2 Å². The van der Waals surface area contributed by atoms with E-state index >= 15 is 0 Å². The molecule has 0 aromatic heterocycles. The van der Waals surface area contributed by atoms with Crippen molar-refractivity contribution in [3.05, 3.63) is 0 Å². The number of carbonyl (C=O) groups is 7. The van der Waals surface area contributed by atoms with E-state index in [0.717, 1.165) is 12.8 Å². The molecule has 356 valence electrons. The molecule has 0 radical (unpaired) electrons. The second-order valence-electron chi connectivity index (χ2n) is 19.1. The Bertz CT molecular complexity index is 1720. The first-order valence-electron chi connectivity index (χ1n) is 19.0. The van der Waals surface area contributed by atoms with Crippen LogP contribution in [0.4, 0.5) is 0 Å². The largest absolute Gasteiger partial charge is 0.481 e. The lowest BCUT2D eigenvalue weighted by Crippen LogP contribution is -2.33. The van der Waals surface area contributed by atoms with Gasteiger partial charge in [0.05, 0.1) is 16.9 Å². The van der Waals surface area contributed by atoms with E-state index in [-0.39, 0.29) is 61.3 Å². The molecule has 18 nitrogen and oxygen atoms in total. The number of carboxylic acids is 3. The quantitative estimate of drug-likeness (QED) is 0.102. The summed E-state index contributed by atoms with van der Waals surface area (Å²) in [4.78, 5) is 75.1. The first-order valence-corrected chi connectivity index (χ1v) is 23.8. The van der Waals surface area contributed by atoms with E-state index in [1.54, 1.807) is 62.3 Å². The Morgan fingerprint density at radius 1 is 0.417 bits per heavy atom. The zero-order valence-electron chi connectivity index (χ0n) is 38.3. The third-order valence-electron chi connectivity index (χ3n) is 7.44. The van der Waals surface area contributed by atoms with Gasteiger partial charge in [-0.1, -0.05) is 83.1 Å². The van der Waals surface area contributed by atoms with Crippen molar-refractivity contribution in [2.45, 2.75) is 166 Å². The minimum Gasteiger partial charge on any atom is -0.481 e. The van der Waals surface area contributed by atoms with E-state index in [1.807, 2.05) is 0 Å². The fourth-order valence-electron chi connectivity index (χ4n) is 3.33. The first-order chi connectivity index (χ1) is 26.1. The smallest absolute Gasteiger partial charge is 0.318 e. The molecule has 0 saturated carbocycles. The van der Waals surface area contributed by atoms with Crippen molar-refractivity contribution in [2.75, 3.05) is 17.3 Å². The van der Waals surface area contributed by atoms with Crippen LogP contribution in [0.3, 0.4) is 0 Å². The summed E-state index contributed by atoms with van der Waals surface area (Å²) in [6, 6.07) is 0. The average molecular weight is 927 g/mol. The zero-order valence-corrected chi connectivity index (χ0v) is 40.7. The van der Waals surface area contributed by atoms with Crippen LogP contribution in [0.15, 0.2) is 0 Å². The van der Waals surface area contributed by atoms with Gasteiger partial charge in [0, 0.05) is 48.3 Å². The van der Waals surface area contributed by atoms with Crippen LogP contribution in [0, 0.1) is 21.7 Å². The third-order valence-corrected chi connectivity index (χ3v) is 11.4. The molecule has 0 heterocycles. The van der Waals surface area contributed by atoms with Gasteiger partial charge in [0.2, 0.25) is 0 Å². The van der Waals surface area contributed by atoms with Crippen LogP contribution in [0.25, 0.3) is 0 Å². The Balaban J connectivity index is -0.000000213. The summed E-state index contributed by atoms with van der Waals surface area (Å²) in [7, 11) is -11.6. The van der Waals surface area contributed by atoms with Crippen molar-refractivity contribution in [3.63, 3.8) is 0 Å². The van der Waals surface area contributed by atoms with Crippen LogP contribution < -0.4 is 0 Å². The molecule has 0 aliphatic carbocycles. The van der Waals surface area contributed by atoms with E-state index in [9.17, 15) is 58.8 Å². The molecule has 21 heteroatoms. The predicted octanol–water partition coefficient (Wildman–Crippen LogP) is 6.15. The maximum atomic E-state index is 11.5. The van der Waals surface area contributed by atoms with Crippen molar-refractivity contribution in [1.82, 2.24) is 0 Å². The number of hydrogen-bond acceptors (Lipinski definition) is 13. The Hall–Kier alpha value is -3.14. The lowest BCUT2D eigenvalue weighted by molar-refractivity contribution is -0.139. The lowest BCUT2D eigenvalue weighted by atomic mass is 9.87. The number of sulfone groups is 1. The highest BCUT2D eigenvalue weighted by Crippen LogP contribution is 2.22. The van der Waals surface area contributed by atoms with Crippen molar-refractivity contribution in [3.8, 4) is 0 Å². The molecule has 0 atom stereocenters. The molecule has 0 aromatic rings. The summed E-state index contributed by atoms with van der Waals surface area (Å²) >= 11 is 0. The summed E-state index contributed by atoms with van der Waals surface area (Å²) in [5, 5.41) is 24.8. The molecule has 0 spiro atoms. The third kappa shape index (κ3) is 47.5. The van der Waals surface area contributed by atoms with Crippen molar-refractivity contribution >= 4 is 71.1 Å². The van der Waals surface area contributed by atoms with Gasteiger partial charge < -0.3 is 15.3 Å². The molecule has 5 N–H and O–H groups in total. The van der Waals surface area contributed by atoms with Gasteiger partial charge in [0.25, 0.3) is 20.2 Å². The van der Waals surface area contributed by atoms with Crippen LogP contribution in [-0.4, -0.2) is 113 Å². The molecular weight excluding hydrogens is 853 g/mol. The fourth-order valence-corrected chi connectivity index (χ4v) is 5.36. The molecule has 0 aliphatic rings. The monoisotopic (exact) mass is 926 g/mol. The van der Waals surface area contributed by atoms with E-state index in [1.165, 1.54) is 20.8 Å². The number of rotatable bonds is 17. The number of hydrogen-bond donors (Lipinski definition) is 5. The van der Waals surface area contributed by atoms with Crippen LogP contribution in [0.2, 0.25) is 0 Å². The maximum absolute atomic E-state index is 11.5. The zero-order chi connectivity index (χ0) is 49.5. The highest BCUT2D eigenvalue weighted by Gasteiger charge is 2.31. The van der Waals surface area contributed by atoms with Gasteiger partial charge >= 0.3 is 17.9 Å². The topological polar surface area (TPSA) is 323 Å². The highest BCUT2D eigenvalue weighted by atomic mass is 32.2. The fraction of sp³-hybridized carbons (Fsp3) is 0.821. The number of carboxylic acid groups (broad SMARTS) is 3. The predicted molar refractivity (Wildman–Crippen MR) is 229 cm³/mol. The summed E-state index contributed by atoms with van der Waals surface area (Å²) in [5.74, 6) is -5.53. The summed E-state index contributed by atoms with van der Waals surface area (Å²) in [6.45, 7) is 26.3. The second kappa shape index (κ2) is 27.7. The van der Waals surface area contributed by atoms with Gasteiger partial charge in [-0.25, -0.2) is 8.42 Å². The van der Waals surface area contributed by atoms with Crippen molar-refractivity contribution in [1.29, 1.82) is 0 Å². The van der Waals surface area contributed by atoms with Crippen LogP contribution in [0.5, 0.6) is 0 Å². The molecule has 0 fully saturated rings. The molecule has 0 aromatic carbocycles. The van der Waals surface area contributed by atoms with E-state index < -0.39 is 92.0 Å². The molecule has 0 rings (SSSR count). The normalized spacial score (nSPS) is 12.3. The standard InChI is InChI=1S/C11H20O5S.C8H14O3.C8H16O2.2C6H12O4S/c1-11(2,3)10(13)7-6-9(12)5-4-8-17(14,15)16;1-8(2,3)6(9)4-5-7(10)11;1-8(2,3)6-4-5-7(9)10;1-6(2,3)11(9,10)4-5(7)8;1-6(2,3)5(7)4-11(8,9)10/h4-8H2,1-3H3,(H,14,15,16);4-5H2,1-3H3,(H,10,11);4-6H2,1-3H3,(H,9,10);4H2,1-3H3,(H,7,8);4H2,1-3H3,(H,8,9,10). The minimum atomic E-state index is -4.16. The number of ketones is 4. The summed E-state index contributed by atoms with van der Waals surface area (Å²) < 4.78 is 79.2.